The molecule has 1 fully saturated rings. The molecule has 0 unspecified atom stereocenters. The summed E-state index contributed by atoms with van der Waals surface area (Å²) in [6, 6.07) is 20.7. The van der Waals surface area contributed by atoms with E-state index < -0.39 is 28.5 Å². The van der Waals surface area contributed by atoms with Crippen LogP contribution in [-0.2, 0) is 26.2 Å². The molecule has 0 saturated heterocycles. The Kier molecular flexibility index (Phi) is 10.7. The molecular formula is C31H35Cl2N3O4S. The fourth-order valence-electron chi connectivity index (χ4n) is 5.16. The van der Waals surface area contributed by atoms with Crippen molar-refractivity contribution in [2.45, 2.75) is 69.0 Å². The number of carbonyl (C=O) groups is 2. The summed E-state index contributed by atoms with van der Waals surface area (Å²) in [7, 11) is -4.19. The van der Waals surface area contributed by atoms with Crippen molar-refractivity contribution < 1.29 is 18.0 Å². The number of halogens is 2. The predicted molar refractivity (Wildman–Crippen MR) is 164 cm³/mol. The Labute approximate surface area is 252 Å². The second kappa shape index (κ2) is 14.2. The number of carbonyl (C=O) groups excluding carboxylic acids is 2. The molecule has 1 atom stereocenters. The van der Waals surface area contributed by atoms with Crippen molar-refractivity contribution in [1.82, 2.24) is 10.2 Å². The van der Waals surface area contributed by atoms with Crippen LogP contribution in [0.2, 0.25) is 10.0 Å². The molecule has 0 aliphatic heterocycles. The normalized spacial score (nSPS) is 14.7. The fraction of sp³-hybridized carbons (Fsp3) is 0.355. The number of hydrogen-bond acceptors (Lipinski definition) is 4. The number of nitrogens with one attached hydrogen (secondary N) is 1. The number of para-hydroxylation sites is 1. The van der Waals surface area contributed by atoms with Gasteiger partial charge in [-0.3, -0.25) is 13.9 Å². The van der Waals surface area contributed by atoms with E-state index in [1.807, 2.05) is 13.0 Å². The van der Waals surface area contributed by atoms with Crippen molar-refractivity contribution in [3.63, 3.8) is 0 Å². The highest BCUT2D eigenvalue weighted by molar-refractivity contribution is 7.92. The first-order valence-corrected chi connectivity index (χ1v) is 16.1. The molecule has 218 valence electrons. The minimum atomic E-state index is -4.19. The molecule has 1 aliphatic rings. The average molecular weight is 617 g/mol. The maximum absolute atomic E-state index is 14.2. The number of amides is 2. The van der Waals surface area contributed by atoms with Gasteiger partial charge in [-0.2, -0.15) is 0 Å². The highest BCUT2D eigenvalue weighted by Gasteiger charge is 2.35. The fourth-order valence-corrected chi connectivity index (χ4v) is 7.10. The summed E-state index contributed by atoms with van der Waals surface area (Å²) in [5.74, 6) is -0.801. The van der Waals surface area contributed by atoms with Gasteiger partial charge < -0.3 is 10.2 Å². The van der Waals surface area contributed by atoms with E-state index in [9.17, 15) is 18.0 Å². The lowest BCUT2D eigenvalue weighted by Gasteiger charge is -2.34. The Bertz CT molecular complexity index is 1450. The lowest BCUT2D eigenvalue weighted by Crippen LogP contribution is -2.54. The summed E-state index contributed by atoms with van der Waals surface area (Å²) in [5, 5.41) is 3.77. The zero-order valence-corrected chi connectivity index (χ0v) is 25.3. The molecule has 0 heterocycles. The standard InChI is InChI=1S/C31H35Cl2N3O4S/c1-2-28(31(38)34-24-14-5-3-6-15-24)35(21-23-13-9-10-18-26(23)32)30(37)22-36(29-20-12-11-19-27(29)33)41(39,40)25-16-7-4-8-17-25/h4,7-13,16-20,24,28H,2-3,5-6,14-15,21-22H2,1H3,(H,34,38)/t28-/m0/s1. The smallest absolute Gasteiger partial charge is 0.264 e. The van der Waals surface area contributed by atoms with Crippen LogP contribution in [0.4, 0.5) is 5.69 Å². The molecular weight excluding hydrogens is 581 g/mol. The van der Waals surface area contributed by atoms with Gasteiger partial charge in [0.25, 0.3) is 10.0 Å². The van der Waals surface area contributed by atoms with E-state index in [2.05, 4.69) is 5.32 Å². The van der Waals surface area contributed by atoms with Crippen LogP contribution >= 0.6 is 23.2 Å². The maximum Gasteiger partial charge on any atom is 0.264 e. The van der Waals surface area contributed by atoms with Crippen molar-refractivity contribution in [2.24, 2.45) is 0 Å². The molecule has 0 aromatic heterocycles. The minimum absolute atomic E-state index is 0.0208. The van der Waals surface area contributed by atoms with Crippen molar-refractivity contribution in [3.05, 3.63) is 94.5 Å². The molecule has 3 aromatic carbocycles. The zero-order chi connectivity index (χ0) is 29.4. The van der Waals surface area contributed by atoms with Gasteiger partial charge in [0.15, 0.2) is 0 Å². The average Bonchev–Trinajstić information content (AvgIpc) is 2.98. The number of sulfonamides is 1. The number of anilines is 1. The Morgan fingerprint density at radius 1 is 0.878 bits per heavy atom. The lowest BCUT2D eigenvalue weighted by atomic mass is 9.95. The third kappa shape index (κ3) is 7.61. The summed E-state index contributed by atoms with van der Waals surface area (Å²) in [5.41, 5.74) is 0.824. The predicted octanol–water partition coefficient (Wildman–Crippen LogP) is 6.45. The molecule has 1 saturated carbocycles. The maximum atomic E-state index is 14.2. The van der Waals surface area contributed by atoms with E-state index in [0.29, 0.717) is 17.0 Å². The number of benzene rings is 3. The van der Waals surface area contributed by atoms with Gasteiger partial charge in [-0.1, -0.05) is 97.9 Å². The van der Waals surface area contributed by atoms with Gasteiger partial charge in [0.05, 0.1) is 15.6 Å². The first-order valence-electron chi connectivity index (χ1n) is 13.9. The van der Waals surface area contributed by atoms with E-state index in [1.165, 1.54) is 17.0 Å². The van der Waals surface area contributed by atoms with Crippen LogP contribution in [0.3, 0.4) is 0 Å². The number of rotatable bonds is 11. The largest absolute Gasteiger partial charge is 0.352 e. The molecule has 0 spiro atoms. The summed E-state index contributed by atoms with van der Waals surface area (Å²) >= 11 is 12.9. The molecule has 1 N–H and O–H groups in total. The first-order chi connectivity index (χ1) is 19.7. The second-order valence-corrected chi connectivity index (χ2v) is 12.8. The minimum Gasteiger partial charge on any atom is -0.352 e. The van der Waals surface area contributed by atoms with Crippen LogP contribution in [0.1, 0.15) is 51.0 Å². The monoisotopic (exact) mass is 615 g/mol. The molecule has 41 heavy (non-hydrogen) atoms. The Morgan fingerprint density at radius 3 is 2.12 bits per heavy atom. The Hall–Kier alpha value is -3.07. The van der Waals surface area contributed by atoms with E-state index in [4.69, 9.17) is 23.2 Å². The quantitative estimate of drug-likeness (QED) is 0.269. The second-order valence-electron chi connectivity index (χ2n) is 10.2. The van der Waals surface area contributed by atoms with Gasteiger partial charge in [0, 0.05) is 17.6 Å². The van der Waals surface area contributed by atoms with Crippen LogP contribution in [0.25, 0.3) is 0 Å². The summed E-state index contributed by atoms with van der Waals surface area (Å²) in [6.45, 7) is 1.32. The van der Waals surface area contributed by atoms with Gasteiger partial charge in [-0.25, -0.2) is 8.42 Å². The molecule has 0 radical (unpaired) electrons. The van der Waals surface area contributed by atoms with Gasteiger partial charge in [-0.05, 0) is 55.2 Å². The molecule has 1 aliphatic carbocycles. The van der Waals surface area contributed by atoms with Gasteiger partial charge >= 0.3 is 0 Å². The molecule has 0 bridgehead atoms. The van der Waals surface area contributed by atoms with Crippen molar-refractivity contribution in [3.8, 4) is 0 Å². The third-order valence-electron chi connectivity index (χ3n) is 7.37. The van der Waals surface area contributed by atoms with Crippen LogP contribution < -0.4 is 9.62 Å². The van der Waals surface area contributed by atoms with Crippen molar-refractivity contribution in [2.75, 3.05) is 10.8 Å². The third-order valence-corrected chi connectivity index (χ3v) is 9.83. The lowest BCUT2D eigenvalue weighted by molar-refractivity contribution is -0.140. The zero-order valence-electron chi connectivity index (χ0n) is 23.0. The molecule has 4 rings (SSSR count). The van der Waals surface area contributed by atoms with Crippen LogP contribution in [0, 0.1) is 0 Å². The Morgan fingerprint density at radius 2 is 1.49 bits per heavy atom. The molecule has 7 nitrogen and oxygen atoms in total. The van der Waals surface area contributed by atoms with E-state index in [1.54, 1.807) is 60.7 Å². The number of nitrogens with zero attached hydrogens (tertiary/aromatic N) is 2. The molecule has 2 amide bonds. The Balaban J connectivity index is 1.71. The SMILES string of the molecule is CC[C@@H](C(=O)NC1CCCCC1)N(Cc1ccccc1Cl)C(=O)CN(c1ccccc1Cl)S(=O)(=O)c1ccccc1. The topological polar surface area (TPSA) is 86.8 Å². The summed E-state index contributed by atoms with van der Waals surface area (Å²) in [6.07, 6.45) is 5.38. The van der Waals surface area contributed by atoms with Gasteiger partial charge in [0.2, 0.25) is 11.8 Å². The highest BCUT2D eigenvalue weighted by atomic mass is 35.5. The molecule has 3 aromatic rings. The van der Waals surface area contributed by atoms with E-state index in [-0.39, 0.29) is 34.1 Å². The molecule has 10 heteroatoms. The van der Waals surface area contributed by atoms with Gasteiger partial charge in [-0.15, -0.1) is 0 Å². The summed E-state index contributed by atoms with van der Waals surface area (Å²) in [4.78, 5) is 29.2. The van der Waals surface area contributed by atoms with Gasteiger partial charge in [0.1, 0.15) is 12.6 Å². The first kappa shape index (κ1) is 30.9. The van der Waals surface area contributed by atoms with E-state index >= 15 is 0 Å². The van der Waals surface area contributed by atoms with Crippen molar-refractivity contribution in [1.29, 1.82) is 0 Å². The highest BCUT2D eigenvalue weighted by Crippen LogP contribution is 2.31. The number of hydrogen-bond donors (Lipinski definition) is 1. The van der Waals surface area contributed by atoms with Crippen LogP contribution in [0.15, 0.2) is 83.8 Å². The van der Waals surface area contributed by atoms with Crippen LogP contribution in [0.5, 0.6) is 0 Å². The van der Waals surface area contributed by atoms with Crippen molar-refractivity contribution >= 4 is 50.7 Å². The van der Waals surface area contributed by atoms with E-state index in [0.717, 1.165) is 36.4 Å². The van der Waals surface area contributed by atoms with Crippen LogP contribution in [-0.4, -0.2) is 43.8 Å². The summed E-state index contributed by atoms with van der Waals surface area (Å²) < 4.78 is 28.8.